The normalized spacial score (nSPS) is 13.9. The van der Waals surface area contributed by atoms with E-state index in [1.54, 1.807) is 39.0 Å². The summed E-state index contributed by atoms with van der Waals surface area (Å²) in [4.78, 5) is 12.6. The molecule has 0 radical (unpaired) electrons. The molecule has 1 aromatic heterocycles. The van der Waals surface area contributed by atoms with Crippen LogP contribution >= 0.6 is 11.3 Å². The van der Waals surface area contributed by atoms with Crippen molar-refractivity contribution < 1.29 is 9.90 Å². The molecule has 2 rings (SSSR count). The molecule has 1 atom stereocenters. The number of benzene rings is 1. The summed E-state index contributed by atoms with van der Waals surface area (Å²) in [6.45, 7) is 5.42. The van der Waals surface area contributed by atoms with Gasteiger partial charge >= 0.3 is 0 Å². The Morgan fingerprint density at radius 2 is 2.04 bits per heavy atom. The minimum atomic E-state index is -1.11. The van der Waals surface area contributed by atoms with Crippen LogP contribution in [0.2, 0.25) is 0 Å². The third kappa shape index (κ3) is 3.79. The van der Waals surface area contributed by atoms with E-state index in [1.165, 1.54) is 11.3 Å². The van der Waals surface area contributed by atoms with Crippen molar-refractivity contribution in [3.8, 4) is 6.07 Å². The highest BCUT2D eigenvalue weighted by Gasteiger charge is 2.32. The molecule has 0 spiro atoms. The van der Waals surface area contributed by atoms with Gasteiger partial charge in [-0.3, -0.25) is 4.79 Å². The first-order valence-electron chi connectivity index (χ1n) is 7.31. The third-order valence-corrected chi connectivity index (χ3v) is 4.70. The van der Waals surface area contributed by atoms with Crippen LogP contribution in [-0.4, -0.2) is 17.6 Å². The molecule has 0 fully saturated rings. The summed E-state index contributed by atoms with van der Waals surface area (Å²) >= 11 is 1.50. The first-order chi connectivity index (χ1) is 10.8. The van der Waals surface area contributed by atoms with Crippen LogP contribution in [0.1, 0.15) is 37.5 Å². The van der Waals surface area contributed by atoms with E-state index in [9.17, 15) is 9.90 Å². The van der Waals surface area contributed by atoms with Crippen LogP contribution in [0.3, 0.4) is 0 Å². The van der Waals surface area contributed by atoms with Crippen molar-refractivity contribution in [3.63, 3.8) is 0 Å². The lowest BCUT2D eigenvalue weighted by Gasteiger charge is -2.28. The number of nitrogens with zero attached hydrogens (tertiary/aromatic N) is 1. The molecular weight excluding hydrogens is 308 g/mol. The minimum Gasteiger partial charge on any atom is -0.384 e. The van der Waals surface area contributed by atoms with Crippen molar-refractivity contribution in [1.82, 2.24) is 5.32 Å². The van der Waals surface area contributed by atoms with Crippen LogP contribution < -0.4 is 5.32 Å². The number of thiophene rings is 1. The van der Waals surface area contributed by atoms with Gasteiger partial charge in [0.05, 0.1) is 23.6 Å². The third-order valence-electron chi connectivity index (χ3n) is 4.02. The van der Waals surface area contributed by atoms with Gasteiger partial charge in [-0.05, 0) is 60.9 Å². The Bertz CT molecular complexity index is 728. The number of carbonyl (C=O) groups is 1. The lowest BCUT2D eigenvalue weighted by Crippen LogP contribution is -2.45. The lowest BCUT2D eigenvalue weighted by atomic mass is 9.82. The molecule has 0 saturated carbocycles. The van der Waals surface area contributed by atoms with Gasteiger partial charge in [-0.25, -0.2) is 0 Å². The van der Waals surface area contributed by atoms with Gasteiger partial charge in [-0.1, -0.05) is 12.1 Å². The monoisotopic (exact) mass is 328 g/mol. The van der Waals surface area contributed by atoms with Crippen LogP contribution in [0, 0.1) is 11.3 Å². The quantitative estimate of drug-likeness (QED) is 0.886. The maximum absolute atomic E-state index is 12.6. The van der Waals surface area contributed by atoms with Crippen molar-refractivity contribution >= 4 is 17.2 Å². The van der Waals surface area contributed by atoms with E-state index in [1.807, 2.05) is 22.9 Å². The number of hydrogen-bond donors (Lipinski definition) is 2. The molecule has 23 heavy (non-hydrogen) atoms. The largest absolute Gasteiger partial charge is 0.384 e. The van der Waals surface area contributed by atoms with E-state index in [0.29, 0.717) is 5.56 Å². The van der Waals surface area contributed by atoms with Crippen LogP contribution in [-0.2, 0) is 15.8 Å². The van der Waals surface area contributed by atoms with Crippen LogP contribution in [0.4, 0.5) is 0 Å². The van der Waals surface area contributed by atoms with Gasteiger partial charge in [0.15, 0.2) is 0 Å². The maximum atomic E-state index is 12.6. The summed E-state index contributed by atoms with van der Waals surface area (Å²) in [7, 11) is 0. The highest BCUT2D eigenvalue weighted by molar-refractivity contribution is 7.08. The predicted molar refractivity (Wildman–Crippen MR) is 91.1 cm³/mol. The summed E-state index contributed by atoms with van der Waals surface area (Å²) in [5.41, 5.74) is 0.169. The van der Waals surface area contributed by atoms with E-state index in [0.717, 1.165) is 11.1 Å². The van der Waals surface area contributed by atoms with Gasteiger partial charge in [0.1, 0.15) is 5.60 Å². The van der Waals surface area contributed by atoms with E-state index in [2.05, 4.69) is 11.4 Å². The molecule has 0 aliphatic heterocycles. The Morgan fingerprint density at radius 1 is 1.30 bits per heavy atom. The maximum Gasteiger partial charge on any atom is 0.230 e. The van der Waals surface area contributed by atoms with Gasteiger partial charge in [-0.15, -0.1) is 0 Å². The van der Waals surface area contributed by atoms with Crippen molar-refractivity contribution in [2.75, 3.05) is 6.54 Å². The highest BCUT2D eigenvalue weighted by Crippen LogP contribution is 2.26. The molecule has 5 heteroatoms. The van der Waals surface area contributed by atoms with E-state index in [-0.39, 0.29) is 12.5 Å². The SMILES string of the molecule is CC(O)(CNC(=O)C(C)(C)c1cccc(C#N)c1)c1ccsc1. The smallest absolute Gasteiger partial charge is 0.230 e. The second-order valence-electron chi connectivity index (χ2n) is 6.29. The number of nitriles is 1. The van der Waals surface area contributed by atoms with Crippen molar-refractivity contribution in [1.29, 1.82) is 5.26 Å². The average molecular weight is 328 g/mol. The first kappa shape index (κ1) is 17.2. The number of hydrogen-bond acceptors (Lipinski definition) is 4. The second kappa shape index (κ2) is 6.53. The van der Waals surface area contributed by atoms with Crippen LogP contribution in [0.15, 0.2) is 41.1 Å². The van der Waals surface area contributed by atoms with Crippen LogP contribution in [0.25, 0.3) is 0 Å². The highest BCUT2D eigenvalue weighted by atomic mass is 32.1. The lowest BCUT2D eigenvalue weighted by molar-refractivity contribution is -0.126. The molecule has 0 saturated heterocycles. The fourth-order valence-corrected chi connectivity index (χ4v) is 3.04. The fourth-order valence-electron chi connectivity index (χ4n) is 2.25. The Kier molecular flexibility index (Phi) is 4.88. The molecule has 0 bridgehead atoms. The molecule has 2 N–H and O–H groups in total. The van der Waals surface area contributed by atoms with Gasteiger partial charge in [-0.2, -0.15) is 16.6 Å². The number of carbonyl (C=O) groups excluding carboxylic acids is 1. The molecule has 4 nitrogen and oxygen atoms in total. The molecular formula is C18H20N2O2S. The van der Waals surface area contributed by atoms with Gasteiger partial charge in [0.2, 0.25) is 5.91 Å². The number of amides is 1. The van der Waals surface area contributed by atoms with Gasteiger partial charge in [0.25, 0.3) is 0 Å². The second-order valence-corrected chi connectivity index (χ2v) is 7.07. The zero-order valence-corrected chi connectivity index (χ0v) is 14.3. The number of aliphatic hydroxyl groups is 1. The van der Waals surface area contributed by atoms with Gasteiger partial charge in [0, 0.05) is 0 Å². The van der Waals surface area contributed by atoms with Crippen molar-refractivity contribution in [2.45, 2.75) is 31.8 Å². The number of nitrogens with one attached hydrogen (secondary N) is 1. The molecule has 1 heterocycles. The standard InChI is InChI=1S/C18H20N2O2S/c1-17(2,14-6-4-5-13(9-14)10-19)16(21)20-12-18(3,22)15-7-8-23-11-15/h4-9,11,22H,12H2,1-3H3,(H,20,21). The molecule has 0 aliphatic carbocycles. The van der Waals surface area contributed by atoms with E-state index in [4.69, 9.17) is 5.26 Å². The zero-order valence-electron chi connectivity index (χ0n) is 13.5. The molecule has 0 aliphatic rings. The molecule has 1 unspecified atom stereocenters. The molecule has 1 amide bonds. The Balaban J connectivity index is 2.11. The van der Waals surface area contributed by atoms with E-state index < -0.39 is 11.0 Å². The van der Waals surface area contributed by atoms with Gasteiger partial charge < -0.3 is 10.4 Å². The number of rotatable bonds is 5. The Labute approximate surface area is 140 Å². The van der Waals surface area contributed by atoms with Crippen molar-refractivity contribution in [3.05, 3.63) is 57.8 Å². The van der Waals surface area contributed by atoms with Crippen LogP contribution in [0.5, 0.6) is 0 Å². The summed E-state index contributed by atoms with van der Waals surface area (Å²) in [5.74, 6) is -0.192. The molecule has 1 aromatic carbocycles. The van der Waals surface area contributed by atoms with E-state index >= 15 is 0 Å². The summed E-state index contributed by atoms with van der Waals surface area (Å²) in [6, 6.07) is 11.0. The van der Waals surface area contributed by atoms with Crippen molar-refractivity contribution in [2.24, 2.45) is 0 Å². The minimum absolute atomic E-state index is 0.129. The summed E-state index contributed by atoms with van der Waals surface area (Å²) in [6.07, 6.45) is 0. The average Bonchev–Trinajstić information content (AvgIpc) is 3.08. The first-order valence-corrected chi connectivity index (χ1v) is 8.25. The zero-order chi connectivity index (χ0) is 17.1. The molecule has 120 valence electrons. The predicted octanol–water partition coefficient (Wildman–Crippen LogP) is 2.92. The fraction of sp³-hybridized carbons (Fsp3) is 0.333. The molecule has 2 aromatic rings. The summed E-state index contributed by atoms with van der Waals surface area (Å²) < 4.78 is 0. The Hall–Kier alpha value is -2.16. The summed E-state index contributed by atoms with van der Waals surface area (Å²) in [5, 5.41) is 26.1. The Morgan fingerprint density at radius 3 is 2.65 bits per heavy atom. The topological polar surface area (TPSA) is 73.1 Å².